The number of benzene rings is 4. The van der Waals surface area contributed by atoms with Gasteiger partial charge in [-0.25, -0.2) is 4.98 Å². The summed E-state index contributed by atoms with van der Waals surface area (Å²) in [5, 5.41) is 26.5. The van der Waals surface area contributed by atoms with E-state index in [0.29, 0.717) is 26.0 Å². The van der Waals surface area contributed by atoms with Crippen LogP contribution in [-0.4, -0.2) is 93.6 Å². The van der Waals surface area contributed by atoms with Gasteiger partial charge in [-0.15, -0.1) is 11.3 Å². The number of aliphatic hydroxyl groups excluding tert-OH is 1. The van der Waals surface area contributed by atoms with Crippen LogP contribution in [-0.2, 0) is 25.7 Å². The average molecular weight is 970 g/mol. The minimum atomic E-state index is -0.869. The number of rotatable bonds is 23. The summed E-state index contributed by atoms with van der Waals surface area (Å²) in [6, 6.07) is 31.9. The maximum Gasteiger partial charge on any atom is 0.246 e. The number of carbonyl (C=O) groups is 4. The van der Waals surface area contributed by atoms with Crippen LogP contribution in [0.2, 0.25) is 0 Å². The first kappa shape index (κ1) is 53.0. The lowest BCUT2D eigenvalue weighted by atomic mass is 9.85. The van der Waals surface area contributed by atoms with Gasteiger partial charge in [0.1, 0.15) is 30.2 Å². The molecule has 0 radical (unpaired) electrons. The second-order valence-corrected chi connectivity index (χ2v) is 20.2. The van der Waals surface area contributed by atoms with Gasteiger partial charge in [-0.2, -0.15) is 0 Å². The van der Waals surface area contributed by atoms with E-state index in [0.717, 1.165) is 88.2 Å². The van der Waals surface area contributed by atoms with Crippen LogP contribution in [0.4, 0.5) is 0 Å². The molecule has 0 spiro atoms. The van der Waals surface area contributed by atoms with E-state index in [1.165, 1.54) is 10.5 Å². The number of carbonyl (C=O) groups excluding carboxylic acids is 4. The van der Waals surface area contributed by atoms with Crippen LogP contribution in [0.25, 0.3) is 21.6 Å². The number of unbranched alkanes of at least 4 members (excludes halogenated alkanes) is 5. The van der Waals surface area contributed by atoms with Crippen molar-refractivity contribution in [3.63, 3.8) is 0 Å². The van der Waals surface area contributed by atoms with Crippen molar-refractivity contribution in [1.29, 1.82) is 0 Å². The van der Waals surface area contributed by atoms with Gasteiger partial charge in [0.15, 0.2) is 0 Å². The highest BCUT2D eigenvalue weighted by Gasteiger charge is 2.44. The van der Waals surface area contributed by atoms with Crippen molar-refractivity contribution in [2.75, 3.05) is 26.7 Å². The van der Waals surface area contributed by atoms with Gasteiger partial charge in [0, 0.05) is 39.4 Å². The predicted octanol–water partition coefficient (Wildman–Crippen LogP) is 9.96. The zero-order valence-corrected chi connectivity index (χ0v) is 42.5. The van der Waals surface area contributed by atoms with Gasteiger partial charge >= 0.3 is 0 Å². The van der Waals surface area contributed by atoms with Gasteiger partial charge in [0.05, 0.1) is 28.7 Å². The van der Waals surface area contributed by atoms with Crippen molar-refractivity contribution in [2.24, 2.45) is 5.41 Å². The zero-order chi connectivity index (χ0) is 50.2. The summed E-state index contributed by atoms with van der Waals surface area (Å²) in [4.78, 5) is 62.2. The van der Waals surface area contributed by atoms with E-state index in [9.17, 15) is 29.4 Å². The summed E-state index contributed by atoms with van der Waals surface area (Å²) in [6.07, 6.45) is 5.95. The molecule has 5 aromatic rings. The summed E-state index contributed by atoms with van der Waals surface area (Å²) in [7, 11) is 1.81. The number of amides is 4. The van der Waals surface area contributed by atoms with Crippen LogP contribution in [0, 0.1) is 12.3 Å². The molecule has 12 nitrogen and oxygen atoms in total. The molecule has 13 heteroatoms. The number of phenols is 1. The fourth-order valence-corrected chi connectivity index (χ4v) is 9.74. The molecule has 1 saturated heterocycles. The number of ether oxygens (including phenoxy) is 1. The number of allylic oxidation sites excluding steroid dienone is 1. The van der Waals surface area contributed by atoms with Crippen molar-refractivity contribution in [3.8, 4) is 21.9 Å². The molecule has 372 valence electrons. The van der Waals surface area contributed by atoms with E-state index in [1.54, 1.807) is 35.4 Å². The molecule has 0 aliphatic carbocycles. The van der Waals surface area contributed by atoms with Gasteiger partial charge < -0.3 is 35.4 Å². The highest BCUT2D eigenvalue weighted by atomic mass is 32.1. The van der Waals surface area contributed by atoms with Crippen molar-refractivity contribution in [1.82, 2.24) is 25.4 Å². The smallest absolute Gasteiger partial charge is 0.246 e. The van der Waals surface area contributed by atoms with Gasteiger partial charge in [0.25, 0.3) is 0 Å². The van der Waals surface area contributed by atoms with E-state index in [-0.39, 0.29) is 55.3 Å². The highest BCUT2D eigenvalue weighted by Crippen LogP contribution is 2.36. The Kier molecular flexibility index (Phi) is 19.3. The maximum absolute atomic E-state index is 14.0. The number of aromatic nitrogens is 1. The molecule has 0 saturated carbocycles. The number of thiazole rings is 1. The normalized spacial score (nSPS) is 15.5. The van der Waals surface area contributed by atoms with Crippen molar-refractivity contribution >= 4 is 46.1 Å². The van der Waals surface area contributed by atoms with Gasteiger partial charge in [0.2, 0.25) is 23.6 Å². The highest BCUT2D eigenvalue weighted by molar-refractivity contribution is 7.13. The third kappa shape index (κ3) is 14.9. The molecule has 6 rings (SSSR count). The number of aromatic hydroxyl groups is 1. The largest absolute Gasteiger partial charge is 0.508 e. The first-order valence-electron chi connectivity index (χ1n) is 24.7. The number of hydrogen-bond donors (Lipinski definition) is 4. The van der Waals surface area contributed by atoms with Gasteiger partial charge in [-0.1, -0.05) is 132 Å². The Labute approximate surface area is 418 Å². The Bertz CT molecular complexity index is 2520. The molecule has 4 N–H and O–H groups in total. The summed E-state index contributed by atoms with van der Waals surface area (Å²) in [5.74, 6) is 0.0908. The Hall–Kier alpha value is -6.31. The Morgan fingerprint density at radius 1 is 0.843 bits per heavy atom. The van der Waals surface area contributed by atoms with Gasteiger partial charge in [-0.3, -0.25) is 19.2 Å². The molecular weight excluding hydrogens is 899 g/mol. The van der Waals surface area contributed by atoms with Crippen molar-refractivity contribution in [3.05, 3.63) is 137 Å². The topological polar surface area (TPSA) is 161 Å². The first-order valence-corrected chi connectivity index (χ1v) is 25.6. The number of likely N-dealkylation sites (N-methyl/N-ethyl adjacent to an activating group) is 1. The van der Waals surface area contributed by atoms with E-state index in [1.807, 2.05) is 99.9 Å². The average Bonchev–Trinajstić information content (AvgIpc) is 3.97. The molecule has 1 aromatic heterocycles. The number of aliphatic hydroxyl groups is 1. The molecule has 2 heterocycles. The first-order chi connectivity index (χ1) is 33.6. The molecule has 4 amide bonds. The third-order valence-corrected chi connectivity index (χ3v) is 13.9. The number of hydrogen-bond acceptors (Lipinski definition) is 9. The van der Waals surface area contributed by atoms with E-state index >= 15 is 0 Å². The second-order valence-electron chi connectivity index (χ2n) is 19.4. The second kappa shape index (κ2) is 25.5. The number of β-amino-alcohol motifs (C(OH)–C–C–N with tert-alkyl or cyclic N) is 1. The van der Waals surface area contributed by atoms with Crippen molar-refractivity contribution in [2.45, 2.75) is 124 Å². The van der Waals surface area contributed by atoms with Gasteiger partial charge in [-0.05, 0) is 94.8 Å². The van der Waals surface area contributed by atoms with Crippen LogP contribution < -0.4 is 15.4 Å². The lowest BCUT2D eigenvalue weighted by molar-refractivity contribution is -0.144. The molecule has 1 aliphatic rings. The molecule has 70 heavy (non-hydrogen) atoms. The Morgan fingerprint density at radius 2 is 1.47 bits per heavy atom. The molecular formula is C57H71N5O7S. The van der Waals surface area contributed by atoms with E-state index in [2.05, 4.69) is 46.8 Å². The maximum atomic E-state index is 14.0. The summed E-state index contributed by atoms with van der Waals surface area (Å²) < 4.78 is 6.06. The molecule has 4 aromatic carbocycles. The standard InChI is InChI=1S/C57H71N5O7S/c1-7-48(41-17-13-12-14-18-41)52(42-25-29-45(63)30-26-42)43-27-31-47(32-28-43)69-34-33-61(6)51(66)20-16-11-9-8-10-15-19-50(65)60-54(57(3,4)5)56(68)62-37-46(64)35-49(62)55(67)58-36-40-21-23-44(24-22-40)53-39(2)59-38-70-53/h12-14,17-18,21-32,38,46,49,54,63-64H,7-11,15-16,19-20,33-37H2,1-6H3,(H,58,67)(H,60,65)/t46-,49+,54-/m1/s1. The van der Waals surface area contributed by atoms with Crippen LogP contribution in [0.3, 0.4) is 0 Å². The lowest BCUT2D eigenvalue weighted by Gasteiger charge is -2.35. The van der Waals surface area contributed by atoms with Crippen LogP contribution in [0.15, 0.2) is 109 Å². The van der Waals surface area contributed by atoms with Crippen LogP contribution in [0.1, 0.15) is 120 Å². The monoisotopic (exact) mass is 970 g/mol. The lowest BCUT2D eigenvalue weighted by Crippen LogP contribution is -2.57. The number of nitrogens with one attached hydrogen (secondary N) is 2. The fourth-order valence-electron chi connectivity index (χ4n) is 8.92. The molecule has 1 aliphatic heterocycles. The number of aryl methyl sites for hydroxylation is 1. The van der Waals surface area contributed by atoms with Crippen LogP contribution >= 0.6 is 11.3 Å². The predicted molar refractivity (Wildman–Crippen MR) is 279 cm³/mol. The quantitative estimate of drug-likeness (QED) is 0.0372. The number of likely N-dealkylation sites (tertiary alicyclic amines) is 1. The summed E-state index contributed by atoms with van der Waals surface area (Å²) in [6.45, 7) is 10.9. The minimum Gasteiger partial charge on any atom is -0.508 e. The molecule has 1 fully saturated rings. The summed E-state index contributed by atoms with van der Waals surface area (Å²) >= 11 is 1.58. The Morgan fingerprint density at radius 3 is 2.09 bits per heavy atom. The third-order valence-electron chi connectivity index (χ3n) is 13.0. The van der Waals surface area contributed by atoms with E-state index in [4.69, 9.17) is 4.74 Å². The minimum absolute atomic E-state index is 0.0218. The molecule has 0 unspecified atom stereocenters. The number of phenolic OH excluding ortho intramolecular Hbond substituents is 1. The fraction of sp³-hybridized carbons (Fsp3) is 0.421. The summed E-state index contributed by atoms with van der Waals surface area (Å²) in [5.41, 5.74) is 9.66. The molecule has 3 atom stereocenters. The van der Waals surface area contributed by atoms with Crippen molar-refractivity contribution < 1.29 is 34.1 Å². The number of nitrogens with zero attached hydrogens (tertiary/aromatic N) is 3. The zero-order valence-electron chi connectivity index (χ0n) is 41.7. The Balaban J connectivity index is 0.869. The van der Waals surface area contributed by atoms with E-state index < -0.39 is 23.6 Å². The molecule has 0 bridgehead atoms. The van der Waals surface area contributed by atoms with Crippen LogP contribution in [0.5, 0.6) is 11.5 Å². The SMILES string of the molecule is CCC(=C(c1ccc(O)cc1)c1ccc(OCCN(C)C(=O)CCCCCCCCC(=O)N[C@H](C(=O)N2C[C@H](O)C[C@H]2C(=O)NCc2ccc(-c3scnc3C)cc2)C(C)(C)C)cc1)c1ccccc1.